The van der Waals surface area contributed by atoms with Crippen molar-refractivity contribution in [2.24, 2.45) is 0 Å². The zero-order chi connectivity index (χ0) is 24.5. The second-order valence-corrected chi connectivity index (χ2v) is 11.1. The largest absolute Gasteiger partial charge is 0.322 e. The van der Waals surface area contributed by atoms with E-state index in [0.29, 0.717) is 38.3 Å². The number of piperazine rings is 1. The third-order valence-corrected chi connectivity index (χ3v) is 7.99. The molecular formula is C24H30F2N4O3S. The van der Waals surface area contributed by atoms with Crippen molar-refractivity contribution in [3.63, 3.8) is 0 Å². The van der Waals surface area contributed by atoms with Crippen molar-refractivity contribution < 1.29 is 22.0 Å². The molecule has 0 N–H and O–H groups in total. The van der Waals surface area contributed by atoms with Crippen molar-refractivity contribution >= 4 is 16.1 Å². The van der Waals surface area contributed by atoms with Crippen LogP contribution in [0.25, 0.3) is 0 Å². The van der Waals surface area contributed by atoms with E-state index in [2.05, 4.69) is 0 Å². The van der Waals surface area contributed by atoms with E-state index >= 15 is 0 Å². The van der Waals surface area contributed by atoms with Crippen LogP contribution >= 0.6 is 0 Å². The molecule has 2 fully saturated rings. The standard InChI is InChI=1S/C24H30F2N4O3S/c1-27(15-18-12-20(25)14-21(26)13-18)23-17-29(16-22(23)19-6-4-3-5-7-19)24(31)28-8-10-30(11-9-28)34(2,32)33/h3-7,12-14,22-23H,8-11,15-17H2,1-2H3/t22-,23+/m1/s1. The average molecular weight is 493 g/mol. The number of urea groups is 1. The second-order valence-electron chi connectivity index (χ2n) is 9.11. The quantitative estimate of drug-likeness (QED) is 0.644. The van der Waals surface area contributed by atoms with Gasteiger partial charge in [0.2, 0.25) is 10.0 Å². The van der Waals surface area contributed by atoms with Crippen LogP contribution < -0.4 is 0 Å². The number of amides is 2. The molecule has 184 valence electrons. The maximum absolute atomic E-state index is 13.7. The van der Waals surface area contributed by atoms with Gasteiger partial charge in [0, 0.05) is 63.8 Å². The predicted octanol–water partition coefficient (Wildman–Crippen LogP) is 2.56. The van der Waals surface area contributed by atoms with E-state index in [4.69, 9.17) is 0 Å². The van der Waals surface area contributed by atoms with Crippen LogP contribution in [0.1, 0.15) is 17.0 Å². The normalized spacial score (nSPS) is 21.9. The summed E-state index contributed by atoms with van der Waals surface area (Å²) >= 11 is 0. The summed E-state index contributed by atoms with van der Waals surface area (Å²) in [5, 5.41) is 0. The number of rotatable bonds is 5. The molecule has 7 nitrogen and oxygen atoms in total. The summed E-state index contributed by atoms with van der Waals surface area (Å²) in [4.78, 5) is 18.9. The van der Waals surface area contributed by atoms with Crippen LogP contribution in [0.2, 0.25) is 0 Å². The fraction of sp³-hybridized carbons (Fsp3) is 0.458. The highest BCUT2D eigenvalue weighted by Gasteiger charge is 2.40. The van der Waals surface area contributed by atoms with Crippen molar-refractivity contribution in [1.82, 2.24) is 19.0 Å². The van der Waals surface area contributed by atoms with Crippen LogP contribution in [-0.4, -0.2) is 92.1 Å². The van der Waals surface area contributed by atoms with E-state index in [9.17, 15) is 22.0 Å². The Balaban J connectivity index is 1.50. The van der Waals surface area contributed by atoms with Crippen LogP contribution in [0.3, 0.4) is 0 Å². The van der Waals surface area contributed by atoms with E-state index in [1.165, 1.54) is 22.7 Å². The van der Waals surface area contributed by atoms with E-state index < -0.39 is 21.7 Å². The lowest BCUT2D eigenvalue weighted by Crippen LogP contribution is -2.53. The summed E-state index contributed by atoms with van der Waals surface area (Å²) in [5.41, 5.74) is 1.63. The first-order valence-corrected chi connectivity index (χ1v) is 13.2. The number of likely N-dealkylation sites (N-methyl/N-ethyl adjacent to an activating group) is 1. The molecule has 4 rings (SSSR count). The molecule has 2 aliphatic rings. The number of nitrogens with zero attached hydrogens (tertiary/aromatic N) is 4. The molecule has 0 aliphatic carbocycles. The van der Waals surface area contributed by atoms with Gasteiger partial charge in [0.05, 0.1) is 6.26 Å². The fourth-order valence-corrected chi connectivity index (χ4v) is 5.76. The number of halogens is 2. The SMILES string of the molecule is CN(Cc1cc(F)cc(F)c1)[C@H]1CN(C(=O)N2CCN(S(C)(=O)=O)CC2)C[C@@H]1c1ccccc1. The van der Waals surface area contributed by atoms with E-state index in [-0.39, 0.29) is 31.1 Å². The zero-order valence-corrected chi connectivity index (χ0v) is 20.2. The van der Waals surface area contributed by atoms with E-state index in [1.54, 1.807) is 9.80 Å². The molecule has 0 aromatic heterocycles. The van der Waals surface area contributed by atoms with Crippen LogP contribution in [0.15, 0.2) is 48.5 Å². The monoisotopic (exact) mass is 492 g/mol. The van der Waals surface area contributed by atoms with Crippen molar-refractivity contribution in [2.75, 3.05) is 52.6 Å². The molecule has 2 aromatic carbocycles. The maximum atomic E-state index is 13.7. The van der Waals surface area contributed by atoms with Crippen LogP contribution in [0.4, 0.5) is 13.6 Å². The minimum atomic E-state index is -3.27. The topological polar surface area (TPSA) is 64.2 Å². The summed E-state index contributed by atoms with van der Waals surface area (Å²) in [6.45, 7) is 2.60. The molecule has 0 bridgehead atoms. The summed E-state index contributed by atoms with van der Waals surface area (Å²) in [6, 6.07) is 13.3. The third-order valence-electron chi connectivity index (χ3n) is 6.69. The highest BCUT2D eigenvalue weighted by atomic mass is 32.2. The van der Waals surface area contributed by atoms with E-state index in [0.717, 1.165) is 11.6 Å². The molecule has 2 amide bonds. The smallest absolute Gasteiger partial charge is 0.320 e. The average Bonchev–Trinajstić information content (AvgIpc) is 3.24. The fourth-order valence-electron chi connectivity index (χ4n) is 4.94. The van der Waals surface area contributed by atoms with Gasteiger partial charge in [-0.3, -0.25) is 4.90 Å². The summed E-state index contributed by atoms with van der Waals surface area (Å²) in [7, 11) is -1.37. The van der Waals surface area contributed by atoms with Gasteiger partial charge in [-0.05, 0) is 30.3 Å². The molecule has 34 heavy (non-hydrogen) atoms. The number of carbonyl (C=O) groups is 1. The lowest BCUT2D eigenvalue weighted by Gasteiger charge is -2.35. The van der Waals surface area contributed by atoms with Gasteiger partial charge >= 0.3 is 6.03 Å². The van der Waals surface area contributed by atoms with Gasteiger partial charge in [0.15, 0.2) is 0 Å². The highest BCUT2D eigenvalue weighted by molar-refractivity contribution is 7.88. The Morgan fingerprint density at radius 2 is 1.59 bits per heavy atom. The van der Waals surface area contributed by atoms with Gasteiger partial charge in [0.25, 0.3) is 0 Å². The van der Waals surface area contributed by atoms with Crippen LogP contribution in [-0.2, 0) is 16.6 Å². The van der Waals surface area contributed by atoms with Gasteiger partial charge in [-0.15, -0.1) is 0 Å². The Labute approximate surface area is 199 Å². The van der Waals surface area contributed by atoms with Gasteiger partial charge < -0.3 is 9.80 Å². The van der Waals surface area contributed by atoms with Gasteiger partial charge in [-0.25, -0.2) is 22.0 Å². The zero-order valence-electron chi connectivity index (χ0n) is 19.4. The summed E-state index contributed by atoms with van der Waals surface area (Å²) in [5.74, 6) is -1.19. The molecule has 2 heterocycles. The predicted molar refractivity (Wildman–Crippen MR) is 126 cm³/mol. The number of carbonyl (C=O) groups excluding carboxylic acids is 1. The first-order chi connectivity index (χ1) is 16.1. The van der Waals surface area contributed by atoms with Crippen molar-refractivity contribution in [2.45, 2.75) is 18.5 Å². The molecule has 0 unspecified atom stereocenters. The molecule has 10 heteroatoms. The van der Waals surface area contributed by atoms with Crippen LogP contribution in [0.5, 0.6) is 0 Å². The number of hydrogen-bond acceptors (Lipinski definition) is 4. The number of benzene rings is 2. The Kier molecular flexibility index (Phi) is 7.20. The molecule has 2 atom stereocenters. The van der Waals surface area contributed by atoms with Crippen molar-refractivity contribution in [3.05, 3.63) is 71.3 Å². The lowest BCUT2D eigenvalue weighted by atomic mass is 9.93. The first-order valence-electron chi connectivity index (χ1n) is 11.3. The molecular weight excluding hydrogens is 462 g/mol. The number of hydrogen-bond donors (Lipinski definition) is 0. The minimum Gasteiger partial charge on any atom is -0.322 e. The Morgan fingerprint density at radius 1 is 0.971 bits per heavy atom. The molecule has 2 aromatic rings. The van der Waals surface area contributed by atoms with Gasteiger partial charge in [0.1, 0.15) is 11.6 Å². The highest BCUT2D eigenvalue weighted by Crippen LogP contribution is 2.32. The molecule has 0 radical (unpaired) electrons. The van der Waals surface area contributed by atoms with Crippen molar-refractivity contribution in [3.8, 4) is 0 Å². The molecule has 0 spiro atoms. The first kappa shape index (κ1) is 24.6. The minimum absolute atomic E-state index is 0.0332. The molecule has 0 saturated carbocycles. The third kappa shape index (κ3) is 5.56. The Hall–Kier alpha value is -2.56. The summed E-state index contributed by atoms with van der Waals surface area (Å²) in [6.07, 6.45) is 1.18. The van der Waals surface area contributed by atoms with Gasteiger partial charge in [-0.1, -0.05) is 30.3 Å². The van der Waals surface area contributed by atoms with Crippen LogP contribution in [0, 0.1) is 11.6 Å². The summed E-state index contributed by atoms with van der Waals surface area (Å²) < 4.78 is 52.4. The number of sulfonamides is 1. The van der Waals surface area contributed by atoms with E-state index in [1.807, 2.05) is 42.3 Å². The Bertz CT molecular complexity index is 1100. The van der Waals surface area contributed by atoms with Crippen molar-refractivity contribution in [1.29, 1.82) is 0 Å². The number of likely N-dealkylation sites (tertiary alicyclic amines) is 1. The Morgan fingerprint density at radius 3 is 2.18 bits per heavy atom. The lowest BCUT2D eigenvalue weighted by molar-refractivity contribution is 0.138. The second kappa shape index (κ2) is 9.97. The molecule has 2 saturated heterocycles. The maximum Gasteiger partial charge on any atom is 0.320 e. The molecule has 2 aliphatic heterocycles. The van der Waals surface area contributed by atoms with Gasteiger partial charge in [-0.2, -0.15) is 4.31 Å².